The van der Waals surface area contributed by atoms with Crippen LogP contribution in [0.15, 0.2) is 47.8 Å². The van der Waals surface area contributed by atoms with Crippen LogP contribution in [0.2, 0.25) is 0 Å². The second-order valence-electron chi connectivity index (χ2n) is 7.14. The maximum absolute atomic E-state index is 13.0. The Morgan fingerprint density at radius 3 is 2.78 bits per heavy atom. The molecule has 0 saturated carbocycles. The molecule has 1 atom stereocenters. The van der Waals surface area contributed by atoms with Crippen molar-refractivity contribution in [3.63, 3.8) is 0 Å². The van der Waals surface area contributed by atoms with E-state index in [4.69, 9.17) is 0 Å². The number of fused-ring (bicyclic) bond motifs is 1. The average Bonchev–Trinajstić information content (AvgIpc) is 3.11. The second kappa shape index (κ2) is 7.61. The molecular formula is C22H22N2O2S. The van der Waals surface area contributed by atoms with Gasteiger partial charge in [0.05, 0.1) is 17.1 Å². The standard InChI is InChI=1S/C22H22N2O2S/c1-15-23-20(14-27-15)12-21(25)24-10-4-7-19(13-24)22(26)18-9-8-16-5-2-3-6-17(16)11-18/h2-3,5-6,8-9,11,14,19H,4,7,10,12-13H2,1H3/t19-/m1/s1. The van der Waals surface area contributed by atoms with E-state index in [0.717, 1.165) is 46.4 Å². The summed E-state index contributed by atoms with van der Waals surface area (Å²) in [7, 11) is 0. The fourth-order valence-corrected chi connectivity index (χ4v) is 4.36. The molecule has 0 unspecified atom stereocenters. The van der Waals surface area contributed by atoms with Gasteiger partial charge in [-0.3, -0.25) is 9.59 Å². The van der Waals surface area contributed by atoms with Crippen molar-refractivity contribution in [3.8, 4) is 0 Å². The zero-order chi connectivity index (χ0) is 18.8. The van der Waals surface area contributed by atoms with Gasteiger partial charge in [-0.25, -0.2) is 4.98 Å². The minimum Gasteiger partial charge on any atom is -0.342 e. The molecule has 138 valence electrons. The summed E-state index contributed by atoms with van der Waals surface area (Å²) in [5.74, 6) is 0.0834. The zero-order valence-electron chi connectivity index (χ0n) is 15.4. The minimum atomic E-state index is -0.124. The fraction of sp³-hybridized carbons (Fsp3) is 0.318. The third kappa shape index (κ3) is 3.93. The third-order valence-electron chi connectivity index (χ3n) is 5.18. The molecule has 0 radical (unpaired) electrons. The predicted molar refractivity (Wildman–Crippen MR) is 108 cm³/mol. The maximum atomic E-state index is 13.0. The molecule has 1 fully saturated rings. The fourth-order valence-electron chi connectivity index (χ4n) is 3.75. The van der Waals surface area contributed by atoms with E-state index in [1.54, 1.807) is 11.3 Å². The van der Waals surface area contributed by atoms with Crippen molar-refractivity contribution in [2.24, 2.45) is 5.92 Å². The predicted octanol–water partition coefficient (Wildman–Crippen LogP) is 4.27. The van der Waals surface area contributed by atoms with E-state index >= 15 is 0 Å². The number of thiazole rings is 1. The average molecular weight is 378 g/mol. The molecule has 4 rings (SSSR count). The summed E-state index contributed by atoms with van der Waals surface area (Å²) in [4.78, 5) is 31.9. The highest BCUT2D eigenvalue weighted by Gasteiger charge is 2.29. The molecule has 0 aliphatic carbocycles. The Morgan fingerprint density at radius 1 is 1.19 bits per heavy atom. The normalized spacial score (nSPS) is 17.2. The SMILES string of the molecule is Cc1nc(CC(=O)N2CCC[C@@H](C(=O)c3ccc4ccccc4c3)C2)cs1. The van der Waals surface area contributed by atoms with Gasteiger partial charge in [0.1, 0.15) is 0 Å². The van der Waals surface area contributed by atoms with Crippen LogP contribution in [-0.4, -0.2) is 34.7 Å². The Bertz CT molecular complexity index is 995. The van der Waals surface area contributed by atoms with Gasteiger partial charge in [-0.2, -0.15) is 0 Å². The molecule has 27 heavy (non-hydrogen) atoms. The molecular weight excluding hydrogens is 356 g/mol. The van der Waals surface area contributed by atoms with Crippen LogP contribution in [0.3, 0.4) is 0 Å². The summed E-state index contributed by atoms with van der Waals surface area (Å²) < 4.78 is 0. The summed E-state index contributed by atoms with van der Waals surface area (Å²) >= 11 is 1.56. The van der Waals surface area contributed by atoms with Crippen molar-refractivity contribution in [2.45, 2.75) is 26.2 Å². The van der Waals surface area contributed by atoms with Crippen molar-refractivity contribution in [2.75, 3.05) is 13.1 Å². The largest absolute Gasteiger partial charge is 0.342 e. The van der Waals surface area contributed by atoms with E-state index in [1.165, 1.54) is 0 Å². The lowest BCUT2D eigenvalue weighted by Gasteiger charge is -2.32. The Hall–Kier alpha value is -2.53. The first-order chi connectivity index (χ1) is 13.1. The number of amides is 1. The Kier molecular flexibility index (Phi) is 5.03. The number of piperidine rings is 1. The van der Waals surface area contributed by atoms with Crippen LogP contribution in [0.5, 0.6) is 0 Å². The number of benzene rings is 2. The van der Waals surface area contributed by atoms with E-state index in [0.29, 0.717) is 13.0 Å². The molecule has 2 aromatic carbocycles. The van der Waals surface area contributed by atoms with Crippen molar-refractivity contribution < 1.29 is 9.59 Å². The molecule has 1 aliphatic heterocycles. The first kappa shape index (κ1) is 17.9. The number of hydrogen-bond acceptors (Lipinski definition) is 4. The number of Topliss-reactive ketones (excluding diaryl/α,β-unsaturated/α-hetero) is 1. The van der Waals surface area contributed by atoms with Gasteiger partial charge in [-0.05, 0) is 36.6 Å². The molecule has 1 amide bonds. The van der Waals surface area contributed by atoms with E-state index < -0.39 is 0 Å². The van der Waals surface area contributed by atoms with Crippen molar-refractivity contribution in [3.05, 3.63) is 64.1 Å². The highest BCUT2D eigenvalue weighted by Crippen LogP contribution is 2.24. The Labute approximate surface area is 162 Å². The van der Waals surface area contributed by atoms with E-state index in [1.807, 2.05) is 59.7 Å². The molecule has 0 N–H and O–H groups in total. The number of rotatable bonds is 4. The van der Waals surface area contributed by atoms with Gasteiger partial charge in [0, 0.05) is 30.0 Å². The summed E-state index contributed by atoms with van der Waals surface area (Å²) in [5, 5.41) is 5.12. The van der Waals surface area contributed by atoms with E-state index in [9.17, 15) is 9.59 Å². The monoisotopic (exact) mass is 378 g/mol. The molecule has 2 heterocycles. The number of likely N-dealkylation sites (tertiary alicyclic amines) is 1. The van der Waals surface area contributed by atoms with Gasteiger partial charge in [-0.15, -0.1) is 11.3 Å². The molecule has 0 spiro atoms. The number of nitrogens with zero attached hydrogens (tertiary/aromatic N) is 2. The highest BCUT2D eigenvalue weighted by molar-refractivity contribution is 7.09. The zero-order valence-corrected chi connectivity index (χ0v) is 16.2. The second-order valence-corrected chi connectivity index (χ2v) is 8.20. The van der Waals surface area contributed by atoms with Gasteiger partial charge >= 0.3 is 0 Å². The summed E-state index contributed by atoms with van der Waals surface area (Å²) in [6.45, 7) is 3.18. The highest BCUT2D eigenvalue weighted by atomic mass is 32.1. The number of aromatic nitrogens is 1. The quantitative estimate of drug-likeness (QED) is 0.637. The molecule has 4 nitrogen and oxygen atoms in total. The molecule has 1 aliphatic rings. The van der Waals surface area contributed by atoms with Crippen LogP contribution in [0.4, 0.5) is 0 Å². The summed E-state index contributed by atoms with van der Waals surface area (Å²) in [6.07, 6.45) is 2.03. The number of carbonyl (C=O) groups is 2. The molecule has 5 heteroatoms. The van der Waals surface area contributed by atoms with Crippen LogP contribution >= 0.6 is 11.3 Å². The smallest absolute Gasteiger partial charge is 0.228 e. The molecule has 1 saturated heterocycles. The molecule has 0 bridgehead atoms. The number of carbonyl (C=O) groups excluding carboxylic acids is 2. The van der Waals surface area contributed by atoms with Gasteiger partial charge in [0.25, 0.3) is 0 Å². The maximum Gasteiger partial charge on any atom is 0.228 e. The van der Waals surface area contributed by atoms with E-state index in [-0.39, 0.29) is 17.6 Å². The number of ketones is 1. The first-order valence-corrected chi connectivity index (χ1v) is 10.2. The lowest BCUT2D eigenvalue weighted by atomic mass is 9.89. The van der Waals surface area contributed by atoms with Crippen LogP contribution in [-0.2, 0) is 11.2 Å². The summed E-state index contributed by atoms with van der Waals surface area (Å²) in [6, 6.07) is 13.9. The van der Waals surface area contributed by atoms with Gasteiger partial charge in [0.15, 0.2) is 5.78 Å². The third-order valence-corrected chi connectivity index (χ3v) is 6.00. The molecule has 1 aromatic heterocycles. The van der Waals surface area contributed by atoms with E-state index in [2.05, 4.69) is 4.98 Å². The van der Waals surface area contributed by atoms with Crippen LogP contribution in [0.25, 0.3) is 10.8 Å². The van der Waals surface area contributed by atoms with Gasteiger partial charge in [0.2, 0.25) is 5.91 Å². The van der Waals surface area contributed by atoms with Crippen molar-refractivity contribution in [1.82, 2.24) is 9.88 Å². The topological polar surface area (TPSA) is 50.3 Å². The minimum absolute atomic E-state index is 0.0660. The molecule has 3 aromatic rings. The van der Waals surface area contributed by atoms with Crippen LogP contribution in [0, 0.1) is 12.8 Å². The van der Waals surface area contributed by atoms with Crippen molar-refractivity contribution in [1.29, 1.82) is 0 Å². The van der Waals surface area contributed by atoms with Gasteiger partial charge in [-0.1, -0.05) is 36.4 Å². The lowest BCUT2D eigenvalue weighted by Crippen LogP contribution is -2.43. The number of hydrogen-bond donors (Lipinski definition) is 0. The summed E-state index contributed by atoms with van der Waals surface area (Å²) in [5.41, 5.74) is 1.56. The van der Waals surface area contributed by atoms with Crippen LogP contribution < -0.4 is 0 Å². The first-order valence-electron chi connectivity index (χ1n) is 9.32. The lowest BCUT2D eigenvalue weighted by molar-refractivity contribution is -0.131. The van der Waals surface area contributed by atoms with Crippen LogP contribution in [0.1, 0.15) is 33.9 Å². The van der Waals surface area contributed by atoms with Crippen molar-refractivity contribution >= 4 is 33.8 Å². The Balaban J connectivity index is 1.46. The van der Waals surface area contributed by atoms with Gasteiger partial charge < -0.3 is 4.90 Å². The Morgan fingerprint density at radius 2 is 2.00 bits per heavy atom. The number of aryl methyl sites for hydroxylation is 1.